The van der Waals surface area contributed by atoms with E-state index in [-0.39, 0.29) is 19.0 Å². The van der Waals surface area contributed by atoms with Crippen molar-refractivity contribution in [1.29, 1.82) is 0 Å². The second-order valence-corrected chi connectivity index (χ2v) is 14.4. The first-order valence-electron chi connectivity index (χ1n) is 16.9. The van der Waals surface area contributed by atoms with E-state index in [9.17, 15) is 9.46 Å². The average molecular weight is 684 g/mol. The minimum absolute atomic E-state index is 0.0614. The van der Waals surface area contributed by atoms with Crippen LogP contribution in [0.1, 0.15) is 81.6 Å². The number of hydrogen-bond acceptors (Lipinski definition) is 8. The Labute approximate surface area is 284 Å². The SMILES string of the molecule is CCCCCCCCCCCCOc1ccc2ccccc2c1OCC(COP(=O)([O-])Oc1cccc(C[n+]2csc(C)c2)c1)OC. The number of benzene rings is 3. The average Bonchev–Trinajstić information content (AvgIpc) is 3.47. The molecule has 8 nitrogen and oxygen atoms in total. The molecule has 0 bridgehead atoms. The highest BCUT2D eigenvalue weighted by Crippen LogP contribution is 2.40. The lowest BCUT2D eigenvalue weighted by atomic mass is 10.1. The van der Waals surface area contributed by atoms with Crippen LogP contribution in [0.3, 0.4) is 0 Å². The predicted octanol–water partition coefficient (Wildman–Crippen LogP) is 8.80. The van der Waals surface area contributed by atoms with Gasteiger partial charge in [-0.25, -0.2) is 0 Å². The maximum absolute atomic E-state index is 12.7. The minimum atomic E-state index is -4.67. The Morgan fingerprint density at radius 2 is 1.62 bits per heavy atom. The molecule has 0 fully saturated rings. The van der Waals surface area contributed by atoms with Crippen molar-refractivity contribution in [3.05, 3.63) is 82.8 Å². The molecular weight excluding hydrogens is 633 g/mol. The smallest absolute Gasteiger partial charge is 0.319 e. The number of thiazole rings is 1. The van der Waals surface area contributed by atoms with E-state index in [0.29, 0.717) is 24.7 Å². The molecule has 0 aliphatic rings. The molecule has 0 saturated heterocycles. The van der Waals surface area contributed by atoms with E-state index in [0.717, 1.165) is 29.2 Å². The van der Waals surface area contributed by atoms with Crippen molar-refractivity contribution in [3.8, 4) is 17.2 Å². The van der Waals surface area contributed by atoms with Crippen molar-refractivity contribution in [3.63, 3.8) is 0 Å². The van der Waals surface area contributed by atoms with Crippen LogP contribution >= 0.6 is 19.2 Å². The van der Waals surface area contributed by atoms with Crippen LogP contribution in [-0.2, 0) is 20.4 Å². The zero-order chi connectivity index (χ0) is 33.3. The van der Waals surface area contributed by atoms with Gasteiger partial charge in [0.2, 0.25) is 5.51 Å². The van der Waals surface area contributed by atoms with Gasteiger partial charge in [0.05, 0.1) is 18.1 Å². The predicted molar refractivity (Wildman–Crippen MR) is 187 cm³/mol. The van der Waals surface area contributed by atoms with E-state index in [1.54, 1.807) is 29.5 Å². The van der Waals surface area contributed by atoms with Crippen molar-refractivity contribution in [2.75, 3.05) is 26.9 Å². The Bertz CT molecular complexity index is 1540. The lowest BCUT2D eigenvalue weighted by Crippen LogP contribution is -2.30. The molecule has 1 heterocycles. The molecule has 4 rings (SSSR count). The molecular formula is C37H50NO7PS. The van der Waals surface area contributed by atoms with Crippen LogP contribution in [0.4, 0.5) is 0 Å². The number of phosphoric ester groups is 1. The summed E-state index contributed by atoms with van der Waals surface area (Å²) in [7, 11) is -3.18. The summed E-state index contributed by atoms with van der Waals surface area (Å²) in [5, 5.41) is 1.93. The number of ether oxygens (including phenoxy) is 3. The van der Waals surface area contributed by atoms with Gasteiger partial charge in [-0.15, -0.1) is 0 Å². The van der Waals surface area contributed by atoms with Gasteiger partial charge in [0.15, 0.2) is 24.2 Å². The molecule has 47 heavy (non-hydrogen) atoms. The molecule has 0 spiro atoms. The Hall–Kier alpha value is -2.94. The number of methoxy groups -OCH3 is 1. The maximum Gasteiger partial charge on any atom is 0.319 e. The van der Waals surface area contributed by atoms with E-state index in [2.05, 4.69) is 6.92 Å². The van der Waals surface area contributed by atoms with Crippen molar-refractivity contribution >= 4 is 29.9 Å². The summed E-state index contributed by atoms with van der Waals surface area (Å²) < 4.78 is 43.3. The monoisotopic (exact) mass is 683 g/mol. The maximum atomic E-state index is 12.7. The van der Waals surface area contributed by atoms with Crippen LogP contribution in [0.15, 0.2) is 72.4 Å². The number of phosphoric acid groups is 1. The quantitative estimate of drug-likeness (QED) is 0.0439. The number of rotatable bonds is 23. The summed E-state index contributed by atoms with van der Waals surface area (Å²) in [5.41, 5.74) is 2.93. The number of nitrogens with zero attached hydrogens (tertiary/aromatic N) is 1. The summed E-state index contributed by atoms with van der Waals surface area (Å²) >= 11 is 1.65. The van der Waals surface area contributed by atoms with Crippen LogP contribution in [0.2, 0.25) is 0 Å². The summed E-state index contributed by atoms with van der Waals surface area (Å²) in [6.07, 6.45) is 14.0. The summed E-state index contributed by atoms with van der Waals surface area (Å²) in [6.45, 7) is 5.30. The van der Waals surface area contributed by atoms with Gasteiger partial charge in [0.1, 0.15) is 18.5 Å². The van der Waals surface area contributed by atoms with Crippen molar-refractivity contribution in [2.45, 2.75) is 90.7 Å². The fraction of sp³-hybridized carbons (Fsp3) is 0.486. The van der Waals surface area contributed by atoms with Crippen LogP contribution in [0, 0.1) is 6.92 Å². The second kappa shape index (κ2) is 19.8. The molecule has 0 N–H and O–H groups in total. The van der Waals surface area contributed by atoms with Gasteiger partial charge in [-0.3, -0.25) is 4.57 Å². The third kappa shape index (κ3) is 12.9. The van der Waals surface area contributed by atoms with Crippen LogP contribution < -0.4 is 23.5 Å². The Morgan fingerprint density at radius 3 is 2.34 bits per heavy atom. The molecule has 4 aromatic rings. The molecule has 10 heteroatoms. The number of fused-ring (bicyclic) bond motifs is 1. The first kappa shape index (κ1) is 36.9. The van der Waals surface area contributed by atoms with Crippen molar-refractivity contribution in [2.24, 2.45) is 0 Å². The van der Waals surface area contributed by atoms with E-state index in [1.165, 1.54) is 63.4 Å². The highest BCUT2D eigenvalue weighted by Gasteiger charge is 2.19. The molecule has 1 aromatic heterocycles. The number of hydrogen-bond donors (Lipinski definition) is 0. The first-order chi connectivity index (χ1) is 22.9. The first-order valence-corrected chi connectivity index (χ1v) is 19.2. The van der Waals surface area contributed by atoms with Gasteiger partial charge in [-0.2, -0.15) is 4.57 Å². The van der Waals surface area contributed by atoms with E-state index < -0.39 is 13.9 Å². The largest absolute Gasteiger partial charge is 0.746 e. The Balaban J connectivity index is 1.26. The van der Waals surface area contributed by atoms with Crippen molar-refractivity contribution in [1.82, 2.24) is 0 Å². The Kier molecular flexibility index (Phi) is 15.5. The third-order valence-corrected chi connectivity index (χ3v) is 9.72. The summed E-state index contributed by atoms with van der Waals surface area (Å²) in [5.74, 6) is 1.46. The molecule has 0 saturated carbocycles. The van der Waals surface area contributed by atoms with Crippen LogP contribution in [0.25, 0.3) is 10.8 Å². The second-order valence-electron chi connectivity index (χ2n) is 11.9. The molecule has 0 amide bonds. The fourth-order valence-corrected chi connectivity index (χ4v) is 6.79. The topological polar surface area (TPSA) is 90.2 Å². The van der Waals surface area contributed by atoms with Crippen LogP contribution in [-0.4, -0.2) is 33.0 Å². The number of unbranched alkanes of at least 4 members (excludes halogenated alkanes) is 9. The molecule has 0 aliphatic carbocycles. The molecule has 0 radical (unpaired) electrons. The third-order valence-electron chi connectivity index (χ3n) is 7.97. The molecule has 3 aromatic carbocycles. The zero-order valence-electron chi connectivity index (χ0n) is 28.1. The van der Waals surface area contributed by atoms with E-state index in [4.69, 9.17) is 23.3 Å². The molecule has 0 aliphatic heterocycles. The minimum Gasteiger partial charge on any atom is -0.746 e. The fourth-order valence-electron chi connectivity index (χ4n) is 5.39. The van der Waals surface area contributed by atoms with Crippen LogP contribution in [0.5, 0.6) is 17.2 Å². The summed E-state index contributed by atoms with van der Waals surface area (Å²) in [6, 6.07) is 18.9. The standard InChI is InChI=1S/C37H50NO7PS/c1-4-5-6-7-8-9-10-11-12-15-23-42-36-22-21-32-18-13-14-20-35(32)37(36)43-27-34(41-3)28-44-46(39,40)45-33-19-16-17-31(24-33)26-38-25-30(2)47-29-38/h13-14,16-22,24-25,29,34H,4-12,15,23,26-28H2,1-3H3. The number of aryl methyl sites for hydroxylation is 1. The lowest BCUT2D eigenvalue weighted by molar-refractivity contribution is -0.683. The van der Waals surface area contributed by atoms with Gasteiger partial charge < -0.3 is 28.2 Å². The molecule has 2 unspecified atom stereocenters. The van der Waals surface area contributed by atoms with Gasteiger partial charge in [-0.05, 0) is 36.9 Å². The van der Waals surface area contributed by atoms with E-state index in [1.807, 2.05) is 65.7 Å². The number of aromatic nitrogens is 1. The molecule has 2 atom stereocenters. The highest BCUT2D eigenvalue weighted by atomic mass is 32.1. The normalized spacial score (nSPS) is 13.4. The van der Waals surface area contributed by atoms with E-state index >= 15 is 0 Å². The van der Waals surface area contributed by atoms with Gasteiger partial charge in [-0.1, -0.05) is 119 Å². The van der Waals surface area contributed by atoms with Gasteiger partial charge in [0.25, 0.3) is 0 Å². The van der Waals surface area contributed by atoms with Gasteiger partial charge in [0, 0.05) is 18.1 Å². The zero-order valence-corrected chi connectivity index (χ0v) is 29.8. The van der Waals surface area contributed by atoms with Crippen molar-refractivity contribution < 1.29 is 37.3 Å². The van der Waals surface area contributed by atoms with Gasteiger partial charge >= 0.3 is 7.82 Å². The highest BCUT2D eigenvalue weighted by molar-refractivity contribution is 7.46. The Morgan fingerprint density at radius 1 is 0.872 bits per heavy atom. The molecule has 256 valence electrons. The summed E-state index contributed by atoms with van der Waals surface area (Å²) in [4.78, 5) is 13.9. The lowest BCUT2D eigenvalue weighted by Gasteiger charge is -2.26.